The van der Waals surface area contributed by atoms with Gasteiger partial charge in [-0.05, 0) is 31.3 Å². The highest BCUT2D eigenvalue weighted by molar-refractivity contribution is 5.76. The lowest BCUT2D eigenvalue weighted by Gasteiger charge is -2.36. The smallest absolute Gasteiger partial charge is 0.223 e. The van der Waals surface area contributed by atoms with E-state index in [0.29, 0.717) is 19.5 Å². The number of anilines is 1. The fraction of sp³-hybridized carbons (Fsp3) is 0.474. The van der Waals surface area contributed by atoms with Crippen molar-refractivity contribution in [2.45, 2.75) is 13.0 Å². The molecule has 0 aliphatic carbocycles. The molecule has 0 N–H and O–H groups in total. The SMILES string of the molecule is CN(CCC(=O)N1CCN(c2ccc(F)cc2)CC1)Cc1cnn(C)c1. The largest absolute Gasteiger partial charge is 0.368 e. The minimum absolute atomic E-state index is 0.196. The van der Waals surface area contributed by atoms with Crippen LogP contribution in [0.25, 0.3) is 0 Å². The fourth-order valence-electron chi connectivity index (χ4n) is 3.25. The summed E-state index contributed by atoms with van der Waals surface area (Å²) < 4.78 is 14.8. The highest BCUT2D eigenvalue weighted by Crippen LogP contribution is 2.17. The third kappa shape index (κ3) is 4.82. The number of aromatic nitrogens is 2. The quantitative estimate of drug-likeness (QED) is 0.788. The minimum atomic E-state index is -0.224. The number of carbonyl (C=O) groups is 1. The van der Waals surface area contributed by atoms with Crippen molar-refractivity contribution in [2.75, 3.05) is 44.7 Å². The first-order valence-electron chi connectivity index (χ1n) is 8.95. The van der Waals surface area contributed by atoms with E-state index < -0.39 is 0 Å². The van der Waals surface area contributed by atoms with E-state index in [0.717, 1.165) is 37.4 Å². The maximum atomic E-state index is 13.0. The van der Waals surface area contributed by atoms with Gasteiger partial charge in [0.25, 0.3) is 0 Å². The summed E-state index contributed by atoms with van der Waals surface area (Å²) in [7, 11) is 3.92. The van der Waals surface area contributed by atoms with Crippen LogP contribution in [0.3, 0.4) is 0 Å². The summed E-state index contributed by atoms with van der Waals surface area (Å²) >= 11 is 0. The van der Waals surface area contributed by atoms with Crippen molar-refractivity contribution in [3.8, 4) is 0 Å². The summed E-state index contributed by atoms with van der Waals surface area (Å²) in [6, 6.07) is 6.54. The van der Waals surface area contributed by atoms with Crippen LogP contribution >= 0.6 is 0 Å². The van der Waals surface area contributed by atoms with Crippen LogP contribution in [0.4, 0.5) is 10.1 Å². The van der Waals surface area contributed by atoms with E-state index in [-0.39, 0.29) is 11.7 Å². The van der Waals surface area contributed by atoms with Crippen LogP contribution in [-0.4, -0.2) is 65.3 Å². The van der Waals surface area contributed by atoms with Gasteiger partial charge in [-0.3, -0.25) is 9.48 Å². The predicted molar refractivity (Wildman–Crippen MR) is 99.4 cm³/mol. The molecule has 1 aromatic heterocycles. The van der Waals surface area contributed by atoms with Gasteiger partial charge in [-0.1, -0.05) is 0 Å². The predicted octanol–water partition coefficient (Wildman–Crippen LogP) is 1.73. The monoisotopic (exact) mass is 359 g/mol. The van der Waals surface area contributed by atoms with Crippen molar-refractivity contribution in [3.63, 3.8) is 0 Å². The van der Waals surface area contributed by atoms with E-state index in [1.165, 1.54) is 12.1 Å². The summed E-state index contributed by atoms with van der Waals surface area (Å²) in [5.74, 6) is -0.0280. The number of halogens is 1. The average molecular weight is 359 g/mol. The first-order chi connectivity index (χ1) is 12.5. The normalized spacial score (nSPS) is 14.9. The molecular weight excluding hydrogens is 333 g/mol. The Balaban J connectivity index is 1.41. The average Bonchev–Trinajstić information content (AvgIpc) is 3.05. The Morgan fingerprint density at radius 1 is 1.19 bits per heavy atom. The molecule has 1 amide bonds. The Morgan fingerprint density at radius 3 is 2.50 bits per heavy atom. The number of rotatable bonds is 6. The number of aryl methyl sites for hydroxylation is 1. The van der Waals surface area contributed by atoms with Crippen LogP contribution in [0, 0.1) is 5.82 Å². The minimum Gasteiger partial charge on any atom is -0.368 e. The molecule has 0 radical (unpaired) electrons. The third-order valence-electron chi connectivity index (χ3n) is 4.74. The van der Waals surface area contributed by atoms with Gasteiger partial charge in [0.1, 0.15) is 5.82 Å². The molecule has 1 fully saturated rings. The van der Waals surface area contributed by atoms with Gasteiger partial charge in [0, 0.05) is 70.2 Å². The number of hydrogen-bond donors (Lipinski definition) is 0. The molecule has 1 aliphatic rings. The second kappa shape index (κ2) is 8.31. The topological polar surface area (TPSA) is 44.6 Å². The van der Waals surface area contributed by atoms with Crippen LogP contribution in [0.2, 0.25) is 0 Å². The number of hydrogen-bond acceptors (Lipinski definition) is 4. The molecule has 7 heteroatoms. The Labute approximate surface area is 153 Å². The molecule has 1 saturated heterocycles. The molecular formula is C19H26FN5O. The van der Waals surface area contributed by atoms with Crippen LogP contribution in [0.1, 0.15) is 12.0 Å². The molecule has 2 heterocycles. The lowest BCUT2D eigenvalue weighted by Crippen LogP contribution is -2.49. The standard InChI is InChI=1S/C19H26FN5O/c1-22(14-16-13-21-23(2)15-16)8-7-19(26)25-11-9-24(10-12-25)18-5-3-17(20)4-6-18/h3-6,13,15H,7-12,14H2,1-2H3. The zero-order valence-electron chi connectivity index (χ0n) is 15.4. The summed E-state index contributed by atoms with van der Waals surface area (Å²) in [6.07, 6.45) is 4.37. The Hall–Kier alpha value is -2.41. The molecule has 26 heavy (non-hydrogen) atoms. The van der Waals surface area contributed by atoms with Crippen molar-refractivity contribution in [3.05, 3.63) is 48.0 Å². The molecule has 0 bridgehead atoms. The van der Waals surface area contributed by atoms with E-state index in [1.54, 1.807) is 16.8 Å². The van der Waals surface area contributed by atoms with E-state index in [1.807, 2.05) is 31.4 Å². The van der Waals surface area contributed by atoms with E-state index in [4.69, 9.17) is 0 Å². The molecule has 0 unspecified atom stereocenters. The van der Waals surface area contributed by atoms with Crippen molar-refractivity contribution in [1.82, 2.24) is 19.6 Å². The molecule has 6 nitrogen and oxygen atoms in total. The third-order valence-corrected chi connectivity index (χ3v) is 4.74. The summed E-state index contributed by atoms with van der Waals surface area (Å²) in [4.78, 5) is 18.7. The highest BCUT2D eigenvalue weighted by Gasteiger charge is 2.21. The van der Waals surface area contributed by atoms with Gasteiger partial charge in [-0.15, -0.1) is 0 Å². The molecule has 0 atom stereocenters. The lowest BCUT2D eigenvalue weighted by molar-refractivity contribution is -0.131. The Kier molecular flexibility index (Phi) is 5.88. The molecule has 1 aliphatic heterocycles. The molecule has 3 rings (SSSR count). The van der Waals surface area contributed by atoms with Gasteiger partial charge < -0.3 is 14.7 Å². The van der Waals surface area contributed by atoms with Crippen LogP contribution < -0.4 is 4.90 Å². The van der Waals surface area contributed by atoms with Crippen molar-refractivity contribution >= 4 is 11.6 Å². The molecule has 0 spiro atoms. The van der Waals surface area contributed by atoms with Crippen LogP contribution in [0.15, 0.2) is 36.7 Å². The number of benzene rings is 1. The van der Waals surface area contributed by atoms with Gasteiger partial charge in [-0.25, -0.2) is 4.39 Å². The van der Waals surface area contributed by atoms with Crippen LogP contribution in [0.5, 0.6) is 0 Å². The van der Waals surface area contributed by atoms with Gasteiger partial charge >= 0.3 is 0 Å². The number of nitrogens with zero attached hydrogens (tertiary/aromatic N) is 5. The highest BCUT2D eigenvalue weighted by atomic mass is 19.1. The van der Waals surface area contributed by atoms with Crippen molar-refractivity contribution < 1.29 is 9.18 Å². The van der Waals surface area contributed by atoms with E-state index in [9.17, 15) is 9.18 Å². The number of amides is 1. The number of carbonyl (C=O) groups excluding carboxylic acids is 1. The Bertz CT molecular complexity index is 722. The Morgan fingerprint density at radius 2 is 1.88 bits per heavy atom. The zero-order valence-corrected chi connectivity index (χ0v) is 15.4. The van der Waals surface area contributed by atoms with Gasteiger partial charge in [-0.2, -0.15) is 5.10 Å². The second-order valence-electron chi connectivity index (χ2n) is 6.85. The molecule has 1 aromatic carbocycles. The van der Waals surface area contributed by atoms with Crippen molar-refractivity contribution in [2.24, 2.45) is 7.05 Å². The van der Waals surface area contributed by atoms with E-state index in [2.05, 4.69) is 14.9 Å². The number of piperazine rings is 1. The van der Waals surface area contributed by atoms with Gasteiger partial charge in [0.15, 0.2) is 0 Å². The van der Waals surface area contributed by atoms with Gasteiger partial charge in [0.2, 0.25) is 5.91 Å². The van der Waals surface area contributed by atoms with E-state index >= 15 is 0 Å². The van der Waals surface area contributed by atoms with Gasteiger partial charge in [0.05, 0.1) is 6.20 Å². The maximum absolute atomic E-state index is 13.0. The molecule has 140 valence electrons. The summed E-state index contributed by atoms with van der Waals surface area (Å²) in [6.45, 7) is 4.50. The summed E-state index contributed by atoms with van der Waals surface area (Å²) in [5, 5.41) is 4.16. The molecule has 0 saturated carbocycles. The summed E-state index contributed by atoms with van der Waals surface area (Å²) in [5.41, 5.74) is 2.16. The lowest BCUT2D eigenvalue weighted by atomic mass is 10.2. The zero-order chi connectivity index (χ0) is 18.5. The second-order valence-corrected chi connectivity index (χ2v) is 6.85. The first kappa shape index (κ1) is 18.4. The fourth-order valence-corrected chi connectivity index (χ4v) is 3.25. The van der Waals surface area contributed by atoms with Crippen molar-refractivity contribution in [1.29, 1.82) is 0 Å². The van der Waals surface area contributed by atoms with Crippen LogP contribution in [-0.2, 0) is 18.4 Å². The first-order valence-corrected chi connectivity index (χ1v) is 8.95. The maximum Gasteiger partial charge on any atom is 0.223 e. The molecule has 2 aromatic rings.